The third kappa shape index (κ3) is 2.71. The van der Waals surface area contributed by atoms with Crippen LogP contribution in [0.25, 0.3) is 0 Å². The van der Waals surface area contributed by atoms with Crippen LogP contribution in [0, 0.1) is 5.41 Å². The van der Waals surface area contributed by atoms with Crippen molar-refractivity contribution in [2.75, 3.05) is 40.3 Å². The number of carbonyl (C=O) groups excluding carboxylic acids is 1. The molecule has 0 radical (unpaired) electrons. The number of amides is 1. The quantitative estimate of drug-likeness (QED) is 0.532. The molecule has 3 heteroatoms. The van der Waals surface area contributed by atoms with E-state index in [-0.39, 0.29) is 11.3 Å². The number of carbonyl (C=O) groups is 1. The minimum Gasteiger partial charge on any atom is -0.331 e. The maximum atomic E-state index is 11.9. The second kappa shape index (κ2) is 3.54. The average Bonchev–Trinajstić information content (AvgIpc) is 2.01. The molecule has 1 aliphatic rings. The Morgan fingerprint density at radius 1 is 1.14 bits per heavy atom. The number of hydrogen-bond donors (Lipinski definition) is 0. The smallest absolute Gasteiger partial charge is 0.228 e. The summed E-state index contributed by atoms with van der Waals surface area (Å²) >= 11 is 0. The molecule has 14 heavy (non-hydrogen) atoms. The Kier molecular flexibility index (Phi) is 2.91. The lowest BCUT2D eigenvalue weighted by Gasteiger charge is -2.40. The van der Waals surface area contributed by atoms with E-state index in [1.807, 2.05) is 25.7 Å². The number of hydrogen-bond acceptors (Lipinski definition) is 1. The van der Waals surface area contributed by atoms with E-state index in [9.17, 15) is 4.79 Å². The van der Waals surface area contributed by atoms with Gasteiger partial charge in [0.15, 0.2) is 0 Å². The van der Waals surface area contributed by atoms with E-state index in [0.29, 0.717) is 0 Å². The second-order valence-electron chi connectivity index (χ2n) is 5.93. The summed E-state index contributed by atoms with van der Waals surface area (Å²) in [6, 6.07) is 0. The first-order valence-corrected chi connectivity index (χ1v) is 5.34. The molecule has 0 spiro atoms. The van der Waals surface area contributed by atoms with Crippen molar-refractivity contribution in [2.45, 2.75) is 20.8 Å². The molecule has 0 aromatic rings. The summed E-state index contributed by atoms with van der Waals surface area (Å²) in [6.07, 6.45) is 0. The zero-order chi connectivity index (χ0) is 11.0. The van der Waals surface area contributed by atoms with Gasteiger partial charge in [0.25, 0.3) is 0 Å². The van der Waals surface area contributed by atoms with Gasteiger partial charge in [-0.1, -0.05) is 20.8 Å². The molecule has 1 heterocycles. The highest BCUT2D eigenvalue weighted by molar-refractivity contribution is 5.81. The van der Waals surface area contributed by atoms with Crippen LogP contribution in [0.3, 0.4) is 0 Å². The molecule has 0 N–H and O–H groups in total. The molecule has 3 nitrogen and oxygen atoms in total. The van der Waals surface area contributed by atoms with Crippen molar-refractivity contribution in [3.63, 3.8) is 0 Å². The summed E-state index contributed by atoms with van der Waals surface area (Å²) in [7, 11) is 4.44. The van der Waals surface area contributed by atoms with Gasteiger partial charge in [0, 0.05) is 5.41 Å². The molecule has 0 aromatic heterocycles. The van der Waals surface area contributed by atoms with Crippen LogP contribution in [-0.4, -0.2) is 55.6 Å². The summed E-state index contributed by atoms with van der Waals surface area (Å²) < 4.78 is 1.04. The molecular weight excluding hydrogens is 176 g/mol. The Balaban J connectivity index is 2.55. The molecule has 1 amide bonds. The predicted octanol–water partition coefficient (Wildman–Crippen LogP) is 0.951. The molecule has 0 bridgehead atoms. The minimum atomic E-state index is -0.228. The van der Waals surface area contributed by atoms with Gasteiger partial charge in [-0.15, -0.1) is 0 Å². The highest BCUT2D eigenvalue weighted by atomic mass is 16.2. The number of rotatable bonds is 0. The highest BCUT2D eigenvalue weighted by Gasteiger charge is 2.32. The van der Waals surface area contributed by atoms with E-state index < -0.39 is 0 Å². The van der Waals surface area contributed by atoms with Crippen LogP contribution in [0.4, 0.5) is 0 Å². The Morgan fingerprint density at radius 3 is 1.93 bits per heavy atom. The van der Waals surface area contributed by atoms with Crippen molar-refractivity contribution in [3.8, 4) is 0 Å². The largest absolute Gasteiger partial charge is 0.331 e. The third-order valence-electron chi connectivity index (χ3n) is 2.88. The Morgan fingerprint density at radius 2 is 1.57 bits per heavy atom. The summed E-state index contributed by atoms with van der Waals surface area (Å²) in [6.45, 7) is 9.92. The predicted molar refractivity (Wildman–Crippen MR) is 57.9 cm³/mol. The van der Waals surface area contributed by atoms with E-state index in [1.54, 1.807) is 0 Å². The van der Waals surface area contributed by atoms with E-state index >= 15 is 0 Å². The number of quaternary nitrogens is 1. The lowest BCUT2D eigenvalue weighted by molar-refractivity contribution is -0.894. The van der Waals surface area contributed by atoms with Crippen LogP contribution in [0.2, 0.25) is 0 Å². The van der Waals surface area contributed by atoms with Gasteiger partial charge >= 0.3 is 0 Å². The fourth-order valence-electron chi connectivity index (χ4n) is 1.68. The van der Waals surface area contributed by atoms with Gasteiger partial charge in [0.2, 0.25) is 5.91 Å². The minimum absolute atomic E-state index is 0.228. The number of likely N-dealkylation sites (N-methyl/N-ethyl adjacent to an activating group) is 1. The number of nitrogens with zero attached hydrogens (tertiary/aromatic N) is 2. The summed E-state index contributed by atoms with van der Waals surface area (Å²) in [4.78, 5) is 14.0. The van der Waals surface area contributed by atoms with Gasteiger partial charge in [0.1, 0.15) is 0 Å². The van der Waals surface area contributed by atoms with E-state index in [1.165, 1.54) is 0 Å². The van der Waals surface area contributed by atoms with Crippen LogP contribution in [0.1, 0.15) is 20.8 Å². The molecule has 82 valence electrons. The van der Waals surface area contributed by atoms with Crippen molar-refractivity contribution in [1.82, 2.24) is 4.90 Å². The van der Waals surface area contributed by atoms with Gasteiger partial charge in [-0.05, 0) is 0 Å². The number of piperazine rings is 1. The van der Waals surface area contributed by atoms with Crippen molar-refractivity contribution >= 4 is 5.91 Å². The van der Waals surface area contributed by atoms with Crippen molar-refractivity contribution in [3.05, 3.63) is 0 Å². The zero-order valence-corrected chi connectivity index (χ0v) is 10.1. The molecule has 1 fully saturated rings. The molecule has 1 rings (SSSR count). The van der Waals surface area contributed by atoms with E-state index in [4.69, 9.17) is 0 Å². The molecule has 0 aromatic carbocycles. The topological polar surface area (TPSA) is 20.3 Å². The molecule has 1 aliphatic heterocycles. The maximum absolute atomic E-state index is 11.9. The van der Waals surface area contributed by atoms with E-state index in [2.05, 4.69) is 14.1 Å². The van der Waals surface area contributed by atoms with Gasteiger partial charge < -0.3 is 9.38 Å². The molecule has 0 unspecified atom stereocenters. The van der Waals surface area contributed by atoms with Gasteiger partial charge in [0.05, 0.1) is 40.3 Å². The lowest BCUT2D eigenvalue weighted by atomic mass is 9.94. The second-order valence-corrected chi connectivity index (χ2v) is 5.93. The Hall–Kier alpha value is -0.570. The van der Waals surface area contributed by atoms with Crippen LogP contribution in [0.15, 0.2) is 0 Å². The maximum Gasteiger partial charge on any atom is 0.228 e. The highest BCUT2D eigenvalue weighted by Crippen LogP contribution is 2.19. The van der Waals surface area contributed by atoms with Crippen LogP contribution < -0.4 is 0 Å². The fourth-order valence-corrected chi connectivity index (χ4v) is 1.68. The molecule has 0 aliphatic carbocycles. The zero-order valence-electron chi connectivity index (χ0n) is 10.1. The van der Waals surface area contributed by atoms with Gasteiger partial charge in [-0.25, -0.2) is 0 Å². The molecule has 1 saturated heterocycles. The van der Waals surface area contributed by atoms with Crippen LogP contribution in [-0.2, 0) is 4.79 Å². The summed E-state index contributed by atoms with van der Waals surface area (Å²) in [5, 5.41) is 0. The van der Waals surface area contributed by atoms with Crippen LogP contribution in [0.5, 0.6) is 0 Å². The fraction of sp³-hybridized carbons (Fsp3) is 0.909. The average molecular weight is 199 g/mol. The molecule has 0 saturated carbocycles. The normalized spacial score (nSPS) is 22.2. The molecular formula is C11H23N2O+. The summed E-state index contributed by atoms with van der Waals surface area (Å²) in [5.74, 6) is 0.289. The Labute approximate surface area is 87.3 Å². The SMILES string of the molecule is CC(C)(C)C(=O)N1CC[N+](C)(C)CC1. The standard InChI is InChI=1S/C11H23N2O/c1-11(2,3)10(14)12-6-8-13(4,5)9-7-12/h6-9H2,1-5H3/q+1. The van der Waals surface area contributed by atoms with E-state index in [0.717, 1.165) is 30.7 Å². The van der Waals surface area contributed by atoms with Crippen molar-refractivity contribution < 1.29 is 9.28 Å². The first kappa shape index (κ1) is 11.5. The monoisotopic (exact) mass is 199 g/mol. The molecule has 0 atom stereocenters. The summed E-state index contributed by atoms with van der Waals surface area (Å²) in [5.41, 5.74) is -0.228. The van der Waals surface area contributed by atoms with Gasteiger partial charge in [-0.3, -0.25) is 4.79 Å². The van der Waals surface area contributed by atoms with Crippen molar-refractivity contribution in [1.29, 1.82) is 0 Å². The van der Waals surface area contributed by atoms with Crippen molar-refractivity contribution in [2.24, 2.45) is 5.41 Å². The first-order chi connectivity index (χ1) is 6.22. The first-order valence-electron chi connectivity index (χ1n) is 5.34. The van der Waals surface area contributed by atoms with Gasteiger partial charge in [-0.2, -0.15) is 0 Å². The third-order valence-corrected chi connectivity index (χ3v) is 2.88. The van der Waals surface area contributed by atoms with Crippen LogP contribution >= 0.6 is 0 Å². The Bertz CT molecular complexity index is 218. The lowest BCUT2D eigenvalue weighted by Crippen LogP contribution is -2.57.